The third kappa shape index (κ3) is 2.82. The molecule has 1 heterocycles. The van der Waals surface area contributed by atoms with E-state index >= 15 is 0 Å². The summed E-state index contributed by atoms with van der Waals surface area (Å²) in [7, 11) is 1.64. The molecule has 0 unspecified atom stereocenters. The van der Waals surface area contributed by atoms with Gasteiger partial charge in [-0.25, -0.2) is 4.98 Å². The summed E-state index contributed by atoms with van der Waals surface area (Å²) in [5.41, 5.74) is 0. The molecule has 0 amide bonds. The van der Waals surface area contributed by atoms with Crippen molar-refractivity contribution >= 4 is 17.5 Å². The molecule has 0 aliphatic rings. The van der Waals surface area contributed by atoms with Gasteiger partial charge in [-0.05, 0) is 24.3 Å². The Bertz CT molecular complexity index is 519. The minimum atomic E-state index is -0.626. The summed E-state index contributed by atoms with van der Waals surface area (Å²) in [6, 6.07) is 6.55. The molecule has 0 atom stereocenters. The molecular formula is C11H9ClFN3O. The Labute approximate surface area is 102 Å². The fourth-order valence-corrected chi connectivity index (χ4v) is 1.28. The molecule has 0 fully saturated rings. The van der Waals surface area contributed by atoms with E-state index in [0.717, 1.165) is 6.20 Å². The van der Waals surface area contributed by atoms with E-state index in [1.807, 2.05) is 0 Å². The molecule has 17 heavy (non-hydrogen) atoms. The molecule has 0 spiro atoms. The lowest BCUT2D eigenvalue weighted by Gasteiger charge is -2.06. The van der Waals surface area contributed by atoms with Gasteiger partial charge >= 0.3 is 0 Å². The van der Waals surface area contributed by atoms with Crippen LogP contribution in [0, 0.1) is 5.82 Å². The molecule has 0 aliphatic carbocycles. The van der Waals surface area contributed by atoms with E-state index in [1.165, 1.54) is 0 Å². The summed E-state index contributed by atoms with van der Waals surface area (Å²) in [5, 5.41) is 3.28. The third-order valence-corrected chi connectivity index (χ3v) is 2.22. The van der Waals surface area contributed by atoms with Crippen LogP contribution in [0.15, 0.2) is 30.5 Å². The summed E-state index contributed by atoms with van der Waals surface area (Å²) < 4.78 is 18.6. The van der Waals surface area contributed by atoms with E-state index in [-0.39, 0.29) is 11.8 Å². The highest BCUT2D eigenvalue weighted by molar-refractivity contribution is 6.30. The van der Waals surface area contributed by atoms with Gasteiger partial charge in [-0.15, -0.1) is 0 Å². The maximum Gasteiger partial charge on any atom is 0.260 e. The molecule has 1 aromatic carbocycles. The monoisotopic (exact) mass is 253 g/mol. The minimum absolute atomic E-state index is 0.133. The van der Waals surface area contributed by atoms with Crippen LogP contribution >= 0.6 is 11.6 Å². The van der Waals surface area contributed by atoms with E-state index in [1.54, 1.807) is 31.3 Å². The number of hydrogen-bond donors (Lipinski definition) is 1. The van der Waals surface area contributed by atoms with Gasteiger partial charge in [-0.1, -0.05) is 11.6 Å². The summed E-state index contributed by atoms with van der Waals surface area (Å²) in [4.78, 5) is 7.57. The van der Waals surface area contributed by atoms with E-state index in [2.05, 4.69) is 15.3 Å². The lowest BCUT2D eigenvalue weighted by Crippen LogP contribution is -2.00. The lowest BCUT2D eigenvalue weighted by molar-refractivity contribution is 0.421. The first-order chi connectivity index (χ1) is 8.19. The van der Waals surface area contributed by atoms with Crippen molar-refractivity contribution in [2.45, 2.75) is 0 Å². The van der Waals surface area contributed by atoms with Crippen LogP contribution in [-0.4, -0.2) is 17.0 Å². The van der Waals surface area contributed by atoms with Crippen LogP contribution in [0.5, 0.6) is 11.6 Å². The van der Waals surface area contributed by atoms with Crippen LogP contribution in [0.4, 0.5) is 10.3 Å². The lowest BCUT2D eigenvalue weighted by atomic mass is 10.3. The fraction of sp³-hybridized carbons (Fsp3) is 0.0909. The molecule has 1 aromatic heterocycles. The van der Waals surface area contributed by atoms with E-state index in [9.17, 15) is 4.39 Å². The first-order valence-electron chi connectivity index (χ1n) is 4.83. The van der Waals surface area contributed by atoms with Gasteiger partial charge in [0.15, 0.2) is 0 Å². The van der Waals surface area contributed by atoms with Gasteiger partial charge < -0.3 is 10.1 Å². The number of benzene rings is 1. The van der Waals surface area contributed by atoms with Crippen LogP contribution in [0.25, 0.3) is 0 Å². The second kappa shape index (κ2) is 4.97. The first kappa shape index (κ1) is 11.6. The second-order valence-corrected chi connectivity index (χ2v) is 3.59. The molecule has 0 saturated carbocycles. The van der Waals surface area contributed by atoms with Crippen molar-refractivity contribution in [1.82, 2.24) is 9.97 Å². The quantitative estimate of drug-likeness (QED) is 0.913. The Morgan fingerprint density at radius 2 is 2.00 bits per heavy atom. The normalized spacial score (nSPS) is 10.1. The Balaban J connectivity index is 2.25. The van der Waals surface area contributed by atoms with Crippen LogP contribution in [0.3, 0.4) is 0 Å². The van der Waals surface area contributed by atoms with Crippen molar-refractivity contribution < 1.29 is 9.13 Å². The topological polar surface area (TPSA) is 47.0 Å². The number of ether oxygens (including phenoxy) is 1. The maximum atomic E-state index is 13.4. The predicted molar refractivity (Wildman–Crippen MR) is 63.1 cm³/mol. The van der Waals surface area contributed by atoms with Crippen molar-refractivity contribution in [3.8, 4) is 11.6 Å². The third-order valence-electron chi connectivity index (χ3n) is 1.96. The standard InChI is InChI=1S/C11H9ClFN3O/c1-14-11-15-6-9(13)10(16-11)17-8-4-2-7(12)3-5-8/h2-6H,1H3,(H,14,15,16). The van der Waals surface area contributed by atoms with E-state index < -0.39 is 5.82 Å². The van der Waals surface area contributed by atoms with Gasteiger partial charge in [0, 0.05) is 12.1 Å². The van der Waals surface area contributed by atoms with Gasteiger partial charge in [0.2, 0.25) is 11.8 Å². The highest BCUT2D eigenvalue weighted by atomic mass is 35.5. The Morgan fingerprint density at radius 3 is 2.65 bits per heavy atom. The van der Waals surface area contributed by atoms with E-state index in [0.29, 0.717) is 10.8 Å². The number of nitrogens with zero attached hydrogens (tertiary/aromatic N) is 2. The molecule has 0 bridgehead atoms. The number of rotatable bonds is 3. The first-order valence-corrected chi connectivity index (χ1v) is 5.20. The molecule has 6 heteroatoms. The minimum Gasteiger partial charge on any atom is -0.436 e. The van der Waals surface area contributed by atoms with Crippen molar-refractivity contribution in [2.75, 3.05) is 12.4 Å². The molecule has 88 valence electrons. The van der Waals surface area contributed by atoms with Crippen LogP contribution in [-0.2, 0) is 0 Å². The zero-order chi connectivity index (χ0) is 12.3. The molecule has 1 N–H and O–H groups in total. The van der Waals surface area contributed by atoms with Crippen molar-refractivity contribution in [1.29, 1.82) is 0 Å². The van der Waals surface area contributed by atoms with Crippen molar-refractivity contribution in [2.24, 2.45) is 0 Å². The largest absolute Gasteiger partial charge is 0.436 e. The molecule has 4 nitrogen and oxygen atoms in total. The number of halogens is 2. The van der Waals surface area contributed by atoms with Gasteiger partial charge in [0.1, 0.15) is 5.75 Å². The highest BCUT2D eigenvalue weighted by Gasteiger charge is 2.08. The van der Waals surface area contributed by atoms with E-state index in [4.69, 9.17) is 16.3 Å². The van der Waals surface area contributed by atoms with Crippen LogP contribution in [0.2, 0.25) is 5.02 Å². The number of nitrogens with one attached hydrogen (secondary N) is 1. The molecule has 0 aliphatic heterocycles. The summed E-state index contributed by atoms with van der Waals surface area (Å²) in [6.07, 6.45) is 1.05. The molecular weight excluding hydrogens is 245 g/mol. The zero-order valence-electron chi connectivity index (χ0n) is 8.95. The summed E-state index contributed by atoms with van der Waals surface area (Å²) in [5.74, 6) is -0.0185. The zero-order valence-corrected chi connectivity index (χ0v) is 9.70. The number of aromatic nitrogens is 2. The smallest absolute Gasteiger partial charge is 0.260 e. The number of hydrogen-bond acceptors (Lipinski definition) is 4. The average molecular weight is 254 g/mol. The molecule has 0 saturated heterocycles. The van der Waals surface area contributed by atoms with Crippen molar-refractivity contribution in [3.05, 3.63) is 41.3 Å². The summed E-state index contributed by atoms with van der Waals surface area (Å²) >= 11 is 5.73. The van der Waals surface area contributed by atoms with Crippen LogP contribution in [0.1, 0.15) is 0 Å². The average Bonchev–Trinajstić information content (AvgIpc) is 2.35. The number of anilines is 1. The van der Waals surface area contributed by atoms with Gasteiger partial charge in [-0.3, -0.25) is 0 Å². The predicted octanol–water partition coefficient (Wildman–Crippen LogP) is 3.10. The van der Waals surface area contributed by atoms with Gasteiger partial charge in [0.05, 0.1) is 6.20 Å². The molecule has 2 rings (SSSR count). The van der Waals surface area contributed by atoms with Crippen LogP contribution < -0.4 is 10.1 Å². The Hall–Kier alpha value is -1.88. The SMILES string of the molecule is CNc1ncc(F)c(Oc2ccc(Cl)cc2)n1. The maximum absolute atomic E-state index is 13.4. The summed E-state index contributed by atoms with van der Waals surface area (Å²) in [6.45, 7) is 0. The van der Waals surface area contributed by atoms with Crippen molar-refractivity contribution in [3.63, 3.8) is 0 Å². The molecule has 2 aromatic rings. The van der Waals surface area contributed by atoms with Gasteiger partial charge in [0.25, 0.3) is 5.88 Å². The van der Waals surface area contributed by atoms with Gasteiger partial charge in [-0.2, -0.15) is 9.37 Å². The Kier molecular flexibility index (Phi) is 3.39. The fourth-order valence-electron chi connectivity index (χ4n) is 1.16. The highest BCUT2D eigenvalue weighted by Crippen LogP contribution is 2.24. The Morgan fingerprint density at radius 1 is 1.29 bits per heavy atom. The molecule has 0 radical (unpaired) electrons. The second-order valence-electron chi connectivity index (χ2n) is 3.15.